The van der Waals surface area contributed by atoms with Crippen LogP contribution in [-0.2, 0) is 4.74 Å². The molecule has 0 amide bonds. The Morgan fingerprint density at radius 1 is 0.870 bits per heavy atom. The minimum Gasteiger partial charge on any atom is -0.387 e. The molecule has 3 aromatic carbocycles. The van der Waals surface area contributed by atoms with Crippen molar-refractivity contribution in [2.75, 3.05) is 0 Å². The van der Waals surface area contributed by atoms with Crippen LogP contribution in [0.4, 0.5) is 0 Å². The van der Waals surface area contributed by atoms with Gasteiger partial charge in [0.05, 0.1) is 0 Å². The first-order valence-corrected chi connectivity index (χ1v) is 8.05. The molecule has 0 bridgehead atoms. The van der Waals surface area contributed by atoms with Crippen LogP contribution in [0.3, 0.4) is 0 Å². The third kappa shape index (κ3) is 1.59. The van der Waals surface area contributed by atoms with Crippen LogP contribution in [0.5, 0.6) is 0 Å². The highest BCUT2D eigenvalue weighted by Gasteiger charge is 2.54. The molecule has 1 fully saturated rings. The van der Waals surface area contributed by atoms with Gasteiger partial charge in [0.25, 0.3) is 0 Å². The fourth-order valence-electron chi connectivity index (χ4n) is 4.31. The molecule has 1 saturated heterocycles. The van der Waals surface area contributed by atoms with Gasteiger partial charge in [0, 0.05) is 0 Å². The van der Waals surface area contributed by atoms with Gasteiger partial charge in [-0.05, 0) is 57.6 Å². The summed E-state index contributed by atoms with van der Waals surface area (Å²) in [7, 11) is 0. The van der Waals surface area contributed by atoms with Crippen LogP contribution in [0.25, 0.3) is 21.5 Å². The molecule has 2 N–H and O–H groups in total. The lowest BCUT2D eigenvalue weighted by atomic mass is 9.81. The van der Waals surface area contributed by atoms with Gasteiger partial charge >= 0.3 is 0 Å². The lowest BCUT2D eigenvalue weighted by molar-refractivity contribution is 0.000104. The van der Waals surface area contributed by atoms with Crippen molar-refractivity contribution in [3.63, 3.8) is 0 Å². The molecule has 4 unspecified atom stereocenters. The number of rotatable bonds is 0. The highest BCUT2D eigenvalue weighted by molar-refractivity contribution is 6.07. The number of epoxide rings is 1. The van der Waals surface area contributed by atoms with Crippen molar-refractivity contribution in [2.45, 2.75) is 38.3 Å². The maximum atomic E-state index is 10.4. The normalized spacial score (nSPS) is 28.7. The Bertz CT molecular complexity index is 976. The van der Waals surface area contributed by atoms with Gasteiger partial charge in [-0.2, -0.15) is 0 Å². The largest absolute Gasteiger partial charge is 0.387 e. The summed E-state index contributed by atoms with van der Waals surface area (Å²) in [5.74, 6) is 0. The summed E-state index contributed by atoms with van der Waals surface area (Å²) in [5.41, 5.74) is 4.34. The topological polar surface area (TPSA) is 53.0 Å². The summed E-state index contributed by atoms with van der Waals surface area (Å²) in [6, 6.07) is 12.5. The van der Waals surface area contributed by atoms with E-state index in [-0.39, 0.29) is 12.2 Å². The molecule has 0 saturated carbocycles. The molecule has 0 spiro atoms. The molecule has 3 heteroatoms. The molecule has 1 aliphatic heterocycles. The lowest BCUT2D eigenvalue weighted by Gasteiger charge is -2.26. The van der Waals surface area contributed by atoms with Gasteiger partial charge in [-0.1, -0.05) is 36.4 Å². The van der Waals surface area contributed by atoms with Crippen molar-refractivity contribution in [3.8, 4) is 0 Å². The Hall–Kier alpha value is -1.94. The van der Waals surface area contributed by atoms with E-state index >= 15 is 0 Å². The molecule has 0 aromatic heterocycles. The van der Waals surface area contributed by atoms with Crippen molar-refractivity contribution >= 4 is 21.5 Å². The fraction of sp³-hybridized carbons (Fsp3) is 0.300. The predicted molar refractivity (Wildman–Crippen MR) is 89.5 cm³/mol. The maximum absolute atomic E-state index is 10.4. The second-order valence-corrected chi connectivity index (χ2v) is 6.74. The quantitative estimate of drug-likeness (QED) is 0.494. The molecular weight excluding hydrogens is 288 g/mol. The second kappa shape index (κ2) is 4.32. The number of aliphatic hydroxyl groups excluding tert-OH is 2. The zero-order valence-electron chi connectivity index (χ0n) is 13.1. The van der Waals surface area contributed by atoms with E-state index in [1.165, 1.54) is 32.7 Å². The van der Waals surface area contributed by atoms with E-state index in [1.54, 1.807) is 0 Å². The molecule has 3 aromatic rings. The third-order valence-electron chi connectivity index (χ3n) is 5.58. The van der Waals surface area contributed by atoms with E-state index in [4.69, 9.17) is 4.74 Å². The standard InChI is InChI=1S/C20H18O3/c1-9-11-5-3-4-6-12(11)10(2)15-13(9)7-8-14-16(15)19-20(23-19)18(22)17(14)21/h3-8,17-22H,1-2H3. The molecule has 0 radical (unpaired) electrons. The SMILES string of the molecule is Cc1c2ccccc2c(C)c2c3c(ccc12)C(O)C(O)C1OC31. The number of hydrogen-bond donors (Lipinski definition) is 2. The van der Waals surface area contributed by atoms with Crippen LogP contribution >= 0.6 is 0 Å². The molecule has 4 atom stereocenters. The van der Waals surface area contributed by atoms with Crippen LogP contribution in [0, 0.1) is 13.8 Å². The van der Waals surface area contributed by atoms with Crippen molar-refractivity contribution < 1.29 is 14.9 Å². The first-order valence-electron chi connectivity index (χ1n) is 8.05. The number of benzene rings is 3. The van der Waals surface area contributed by atoms with Crippen molar-refractivity contribution in [3.05, 3.63) is 58.7 Å². The summed E-state index contributed by atoms with van der Waals surface area (Å²) < 4.78 is 5.69. The van der Waals surface area contributed by atoms with Crippen LogP contribution in [-0.4, -0.2) is 22.4 Å². The number of aliphatic hydroxyl groups is 2. The number of aryl methyl sites for hydroxylation is 2. The first-order chi connectivity index (χ1) is 11.1. The Morgan fingerprint density at radius 3 is 2.30 bits per heavy atom. The van der Waals surface area contributed by atoms with Crippen LogP contribution in [0.2, 0.25) is 0 Å². The molecule has 5 rings (SSSR count). The first kappa shape index (κ1) is 13.5. The minimum atomic E-state index is -0.871. The Morgan fingerprint density at radius 2 is 1.57 bits per heavy atom. The molecular formula is C20H18O3. The van der Waals surface area contributed by atoms with Gasteiger partial charge < -0.3 is 14.9 Å². The Kier molecular flexibility index (Phi) is 2.54. The van der Waals surface area contributed by atoms with Crippen molar-refractivity contribution in [1.29, 1.82) is 0 Å². The van der Waals surface area contributed by atoms with Crippen LogP contribution in [0.1, 0.15) is 34.5 Å². The number of hydrogen-bond acceptors (Lipinski definition) is 3. The monoisotopic (exact) mass is 306 g/mol. The fourth-order valence-corrected chi connectivity index (χ4v) is 4.31. The molecule has 2 aliphatic rings. The van der Waals surface area contributed by atoms with Crippen LogP contribution < -0.4 is 0 Å². The molecule has 116 valence electrons. The van der Waals surface area contributed by atoms with Crippen LogP contribution in [0.15, 0.2) is 36.4 Å². The van der Waals surface area contributed by atoms with Gasteiger partial charge in [0.2, 0.25) is 0 Å². The van der Waals surface area contributed by atoms with Gasteiger partial charge in [-0.15, -0.1) is 0 Å². The summed E-state index contributed by atoms with van der Waals surface area (Å²) in [4.78, 5) is 0. The Balaban J connectivity index is 1.97. The number of ether oxygens (including phenoxy) is 1. The summed E-state index contributed by atoms with van der Waals surface area (Å²) >= 11 is 0. The summed E-state index contributed by atoms with van der Waals surface area (Å²) in [6.07, 6.45) is -2.06. The van der Waals surface area contributed by atoms with Crippen molar-refractivity contribution in [1.82, 2.24) is 0 Å². The maximum Gasteiger partial charge on any atom is 0.118 e. The minimum absolute atomic E-state index is 0.0913. The van der Waals surface area contributed by atoms with E-state index in [2.05, 4.69) is 44.2 Å². The summed E-state index contributed by atoms with van der Waals surface area (Å²) in [5, 5.41) is 25.4. The van der Waals surface area contributed by atoms with Gasteiger partial charge in [-0.25, -0.2) is 0 Å². The molecule has 3 nitrogen and oxygen atoms in total. The van der Waals surface area contributed by atoms with E-state index in [0.29, 0.717) is 0 Å². The lowest BCUT2D eigenvalue weighted by Crippen LogP contribution is -2.29. The zero-order chi connectivity index (χ0) is 15.9. The highest BCUT2D eigenvalue weighted by Crippen LogP contribution is 2.54. The smallest absolute Gasteiger partial charge is 0.118 e. The second-order valence-electron chi connectivity index (χ2n) is 6.74. The average molecular weight is 306 g/mol. The van der Waals surface area contributed by atoms with E-state index in [0.717, 1.165) is 11.1 Å². The molecule has 1 heterocycles. The van der Waals surface area contributed by atoms with Gasteiger partial charge in [0.15, 0.2) is 0 Å². The molecule has 23 heavy (non-hydrogen) atoms. The third-order valence-corrected chi connectivity index (χ3v) is 5.58. The van der Waals surface area contributed by atoms with E-state index in [1.807, 2.05) is 6.07 Å². The van der Waals surface area contributed by atoms with Gasteiger partial charge in [0.1, 0.15) is 24.4 Å². The van der Waals surface area contributed by atoms with E-state index < -0.39 is 12.2 Å². The highest BCUT2D eigenvalue weighted by atomic mass is 16.6. The Labute approximate surface area is 134 Å². The van der Waals surface area contributed by atoms with Gasteiger partial charge in [-0.3, -0.25) is 0 Å². The van der Waals surface area contributed by atoms with E-state index in [9.17, 15) is 10.2 Å². The zero-order valence-corrected chi connectivity index (χ0v) is 13.1. The molecule has 1 aliphatic carbocycles. The predicted octanol–water partition coefficient (Wildman–Crippen LogP) is 3.46. The number of fused-ring (bicyclic) bond motifs is 6. The summed E-state index contributed by atoms with van der Waals surface area (Å²) in [6.45, 7) is 4.29. The average Bonchev–Trinajstić information content (AvgIpc) is 3.37. The van der Waals surface area contributed by atoms with Crippen molar-refractivity contribution in [2.24, 2.45) is 0 Å².